The molecule has 0 radical (unpaired) electrons. The van der Waals surface area contributed by atoms with Crippen LogP contribution in [0.5, 0.6) is 11.5 Å². The van der Waals surface area contributed by atoms with Crippen LogP contribution in [0.1, 0.15) is 28.8 Å². The number of aromatic nitrogens is 3. The van der Waals surface area contributed by atoms with Gasteiger partial charge in [-0.05, 0) is 48.7 Å². The van der Waals surface area contributed by atoms with Crippen LogP contribution in [-0.2, 0) is 4.74 Å². The number of nitrogens with one attached hydrogen (secondary N) is 1. The van der Waals surface area contributed by atoms with Gasteiger partial charge in [-0.3, -0.25) is 4.79 Å². The fourth-order valence-electron chi connectivity index (χ4n) is 4.15. The van der Waals surface area contributed by atoms with Crippen LogP contribution < -0.4 is 20.5 Å². The Morgan fingerprint density at radius 1 is 1.20 bits per heavy atom. The van der Waals surface area contributed by atoms with Crippen molar-refractivity contribution in [2.45, 2.75) is 18.9 Å². The summed E-state index contributed by atoms with van der Waals surface area (Å²) < 4.78 is 17.7. The van der Waals surface area contributed by atoms with Crippen molar-refractivity contribution >= 4 is 40.1 Å². The van der Waals surface area contributed by atoms with Crippen molar-refractivity contribution in [1.29, 1.82) is 0 Å². The Kier molecular flexibility index (Phi) is 6.19. The van der Waals surface area contributed by atoms with Gasteiger partial charge in [-0.2, -0.15) is 9.78 Å². The highest BCUT2D eigenvalue weighted by Gasteiger charge is 2.25. The summed E-state index contributed by atoms with van der Waals surface area (Å²) in [5, 5.41) is 7.48. The molecule has 10 heteroatoms. The number of carbonyl (C=O) groups is 1. The highest BCUT2D eigenvalue weighted by Crippen LogP contribution is 2.29. The average Bonchev–Trinajstić information content (AvgIpc) is 3.50. The number of ether oxygens (including phenoxy) is 3. The Balaban J connectivity index is 1.57. The minimum Gasteiger partial charge on any atom is -0.493 e. The van der Waals surface area contributed by atoms with Crippen LogP contribution in [0.4, 0.5) is 5.82 Å². The summed E-state index contributed by atoms with van der Waals surface area (Å²) in [6.07, 6.45) is 3.52. The summed E-state index contributed by atoms with van der Waals surface area (Å²) in [6.45, 7) is 1.12. The fraction of sp³-hybridized carbons (Fsp3) is 0.280. The molecule has 10 nitrogen and oxygen atoms in total. The van der Waals surface area contributed by atoms with Gasteiger partial charge in [0.05, 0.1) is 37.6 Å². The second kappa shape index (κ2) is 9.59. The van der Waals surface area contributed by atoms with Crippen LogP contribution in [0, 0.1) is 0 Å². The zero-order valence-corrected chi connectivity index (χ0v) is 19.5. The van der Waals surface area contributed by atoms with Crippen LogP contribution in [-0.4, -0.2) is 60.2 Å². The number of nitrogens with two attached hydrogens (primary N) is 1. The van der Waals surface area contributed by atoms with Crippen molar-refractivity contribution in [1.82, 2.24) is 20.0 Å². The van der Waals surface area contributed by atoms with Gasteiger partial charge in [0, 0.05) is 13.2 Å². The van der Waals surface area contributed by atoms with E-state index in [2.05, 4.69) is 10.4 Å². The topological polar surface area (TPSA) is 126 Å². The lowest BCUT2D eigenvalue weighted by Gasteiger charge is -2.10. The van der Waals surface area contributed by atoms with Crippen molar-refractivity contribution < 1.29 is 19.0 Å². The number of amides is 1. The summed E-state index contributed by atoms with van der Waals surface area (Å²) in [4.78, 5) is 22.6. The number of rotatable bonds is 7. The Bertz CT molecular complexity index is 1420. The molecular weight excluding hydrogens is 448 g/mol. The number of benzene rings is 2. The number of nitrogen functional groups attached to an aromatic ring is 1. The number of para-hydroxylation sites is 2. The van der Waals surface area contributed by atoms with Crippen molar-refractivity contribution in [2.75, 3.05) is 33.1 Å². The summed E-state index contributed by atoms with van der Waals surface area (Å²) in [5.41, 5.74) is 9.56. The van der Waals surface area contributed by atoms with Crippen LogP contribution in [0.25, 0.3) is 22.2 Å². The van der Waals surface area contributed by atoms with E-state index in [4.69, 9.17) is 29.9 Å². The van der Waals surface area contributed by atoms with E-state index in [1.807, 2.05) is 30.3 Å². The molecule has 1 aliphatic rings. The molecule has 2 aromatic heterocycles. The first-order chi connectivity index (χ1) is 17.1. The number of carbonyl (C=O) groups excluding carboxylic acids is 1. The first-order valence-electron chi connectivity index (χ1n) is 11.3. The van der Waals surface area contributed by atoms with Crippen LogP contribution in [0.3, 0.4) is 0 Å². The molecule has 180 valence electrons. The number of nitrogens with zero attached hydrogens (tertiary/aromatic N) is 4. The molecule has 0 aliphatic carbocycles. The second-order valence-electron chi connectivity index (χ2n) is 8.16. The lowest BCUT2D eigenvalue weighted by atomic mass is 10.2. The minimum absolute atomic E-state index is 0.00325. The molecule has 0 spiro atoms. The van der Waals surface area contributed by atoms with Gasteiger partial charge in [0.15, 0.2) is 17.1 Å². The molecule has 1 atom stereocenters. The summed E-state index contributed by atoms with van der Waals surface area (Å²) >= 11 is 0. The van der Waals surface area contributed by atoms with Crippen LogP contribution >= 0.6 is 0 Å². The van der Waals surface area contributed by atoms with E-state index < -0.39 is 0 Å². The molecule has 0 unspecified atom stereocenters. The van der Waals surface area contributed by atoms with Crippen molar-refractivity contribution in [3.63, 3.8) is 0 Å². The van der Waals surface area contributed by atoms with Crippen molar-refractivity contribution in [3.8, 4) is 11.5 Å². The molecule has 5 rings (SSSR count). The van der Waals surface area contributed by atoms with Gasteiger partial charge >= 0.3 is 0 Å². The maximum absolute atomic E-state index is 13.2. The predicted octanol–water partition coefficient (Wildman–Crippen LogP) is 2.97. The molecule has 0 saturated carbocycles. The maximum atomic E-state index is 13.2. The molecule has 3 heterocycles. The first-order valence-corrected chi connectivity index (χ1v) is 11.3. The minimum atomic E-state index is -0.340. The highest BCUT2D eigenvalue weighted by molar-refractivity contribution is 6.10. The monoisotopic (exact) mass is 474 g/mol. The van der Waals surface area contributed by atoms with Gasteiger partial charge < -0.3 is 25.3 Å². The smallest absolute Gasteiger partial charge is 0.257 e. The molecule has 4 aromatic rings. The molecule has 0 bridgehead atoms. The van der Waals surface area contributed by atoms with E-state index in [0.717, 1.165) is 18.4 Å². The number of hydrogen-bond acceptors (Lipinski definition) is 8. The summed E-state index contributed by atoms with van der Waals surface area (Å²) in [7, 11) is 3.14. The van der Waals surface area contributed by atoms with E-state index in [1.165, 1.54) is 4.68 Å². The molecular formula is C25H26N6O4. The third kappa shape index (κ3) is 4.35. The number of hydrogen-bond donors (Lipinski definition) is 2. The zero-order valence-electron chi connectivity index (χ0n) is 19.5. The normalized spacial score (nSPS) is 15.8. The number of methoxy groups -OCH3 is 2. The summed E-state index contributed by atoms with van der Waals surface area (Å²) in [5.74, 6) is 0.990. The van der Waals surface area contributed by atoms with Gasteiger partial charge in [-0.15, -0.1) is 0 Å². The lowest BCUT2D eigenvalue weighted by molar-refractivity contribution is 0.0859. The standard InChI is InChI=1S/C25H26N6O4/c1-33-19-10-9-15(12-20(19)34-2)13-28-31-23(26)21(25(32)27-14-16-6-5-11-35-16)22-24(31)30-18-8-4-3-7-17(18)29-22/h3-4,7-10,12-13,16H,5-6,11,14,26H2,1-2H3,(H,27,32)/b28-13-/t16-/m1/s1. The Hall–Kier alpha value is -4.18. The number of anilines is 1. The molecule has 2 aromatic carbocycles. The van der Waals surface area contributed by atoms with Crippen molar-refractivity contribution in [3.05, 3.63) is 53.6 Å². The molecule has 1 saturated heterocycles. The number of fused-ring (bicyclic) bond motifs is 2. The lowest BCUT2D eigenvalue weighted by Crippen LogP contribution is -2.32. The van der Waals surface area contributed by atoms with Gasteiger partial charge in [0.25, 0.3) is 5.91 Å². The molecule has 1 aliphatic heterocycles. The molecule has 3 N–H and O–H groups in total. The van der Waals surface area contributed by atoms with Gasteiger partial charge in [-0.25, -0.2) is 9.97 Å². The SMILES string of the molecule is COc1ccc(/C=N\n2c(N)c(C(=O)NC[C@H]3CCCO3)c3nc4ccccc4nc32)cc1OC. The average molecular weight is 475 g/mol. The van der Waals surface area contributed by atoms with Gasteiger partial charge in [-0.1, -0.05) is 12.1 Å². The summed E-state index contributed by atoms with van der Waals surface area (Å²) in [6, 6.07) is 12.9. The fourth-order valence-corrected chi connectivity index (χ4v) is 4.15. The van der Waals surface area contributed by atoms with E-state index in [0.29, 0.717) is 46.8 Å². The zero-order chi connectivity index (χ0) is 24.4. The van der Waals surface area contributed by atoms with Crippen LogP contribution in [0.2, 0.25) is 0 Å². The Morgan fingerprint density at radius 3 is 2.69 bits per heavy atom. The quantitative estimate of drug-likeness (QED) is 0.394. The third-order valence-corrected chi connectivity index (χ3v) is 5.95. The van der Waals surface area contributed by atoms with Gasteiger partial charge in [0.2, 0.25) is 0 Å². The largest absolute Gasteiger partial charge is 0.493 e. The van der Waals surface area contributed by atoms with E-state index >= 15 is 0 Å². The third-order valence-electron chi connectivity index (χ3n) is 5.95. The highest BCUT2D eigenvalue weighted by atomic mass is 16.5. The van der Waals surface area contributed by atoms with E-state index in [9.17, 15) is 4.79 Å². The van der Waals surface area contributed by atoms with Gasteiger partial charge in [0.1, 0.15) is 16.9 Å². The van der Waals surface area contributed by atoms with E-state index in [1.54, 1.807) is 32.6 Å². The second-order valence-corrected chi connectivity index (χ2v) is 8.16. The Morgan fingerprint density at radius 2 is 1.97 bits per heavy atom. The molecule has 1 fully saturated rings. The molecule has 35 heavy (non-hydrogen) atoms. The van der Waals surface area contributed by atoms with E-state index in [-0.39, 0.29) is 23.4 Å². The van der Waals surface area contributed by atoms with Crippen LogP contribution in [0.15, 0.2) is 47.6 Å². The predicted molar refractivity (Wildman–Crippen MR) is 133 cm³/mol. The Labute approximate surface area is 201 Å². The maximum Gasteiger partial charge on any atom is 0.257 e. The first kappa shape index (κ1) is 22.6. The van der Waals surface area contributed by atoms with Crippen molar-refractivity contribution in [2.24, 2.45) is 5.10 Å². The molecule has 1 amide bonds.